The van der Waals surface area contributed by atoms with E-state index in [0.717, 1.165) is 29.6 Å². The van der Waals surface area contributed by atoms with Gasteiger partial charge < -0.3 is 14.6 Å². The predicted octanol–water partition coefficient (Wildman–Crippen LogP) is 4.02. The average Bonchev–Trinajstić information content (AvgIpc) is 3.11. The normalized spacial score (nSPS) is 26.1. The number of H-pyrrole nitrogens is 1. The molecule has 134 valence electrons. The molecule has 2 atom stereocenters. The molecule has 1 aromatic carbocycles. The number of rotatable bonds is 3. The quantitative estimate of drug-likeness (QED) is 0.777. The van der Waals surface area contributed by atoms with E-state index in [0.29, 0.717) is 18.0 Å². The number of benzene rings is 1. The Morgan fingerprint density at radius 3 is 2.65 bits per heavy atom. The first kappa shape index (κ1) is 15.8. The molecule has 5 heteroatoms. The van der Waals surface area contributed by atoms with Crippen LogP contribution < -0.4 is 4.74 Å². The standard InChI is InChI=1S/C21H24N4O/c1-25-16-3-2-4-17(25)13-18(12-16)26-21-8-7-20(23-24-21)14-5-6-19-15(11-14)9-10-22-19/h5-11,16-18,22H,2-4,12-13H2,1H3. The molecule has 2 aliphatic rings. The first-order valence-electron chi connectivity index (χ1n) is 9.56. The summed E-state index contributed by atoms with van der Waals surface area (Å²) in [6.45, 7) is 0. The highest BCUT2D eigenvalue weighted by atomic mass is 16.5. The summed E-state index contributed by atoms with van der Waals surface area (Å²) in [6.07, 6.45) is 8.35. The van der Waals surface area contributed by atoms with Crippen molar-refractivity contribution in [2.75, 3.05) is 7.05 Å². The van der Waals surface area contributed by atoms with E-state index in [4.69, 9.17) is 4.74 Å². The Morgan fingerprint density at radius 2 is 1.88 bits per heavy atom. The second-order valence-electron chi connectivity index (χ2n) is 7.65. The van der Waals surface area contributed by atoms with E-state index < -0.39 is 0 Å². The number of aromatic nitrogens is 3. The maximum Gasteiger partial charge on any atom is 0.233 e. The van der Waals surface area contributed by atoms with E-state index in [1.54, 1.807) is 0 Å². The fourth-order valence-corrected chi connectivity index (χ4v) is 4.58. The second-order valence-corrected chi connectivity index (χ2v) is 7.65. The Morgan fingerprint density at radius 1 is 1.04 bits per heavy atom. The highest BCUT2D eigenvalue weighted by molar-refractivity contribution is 5.84. The Hall–Kier alpha value is -2.40. The maximum absolute atomic E-state index is 6.18. The third-order valence-electron chi connectivity index (χ3n) is 6.07. The lowest BCUT2D eigenvalue weighted by atomic mass is 9.83. The Bertz CT molecular complexity index is 890. The number of piperidine rings is 2. The molecule has 0 spiro atoms. The van der Waals surface area contributed by atoms with Crippen LogP contribution in [0.4, 0.5) is 0 Å². The van der Waals surface area contributed by atoms with Gasteiger partial charge in [-0.2, -0.15) is 0 Å². The third kappa shape index (κ3) is 2.86. The molecule has 0 saturated carbocycles. The van der Waals surface area contributed by atoms with Crippen LogP contribution in [-0.2, 0) is 0 Å². The number of ether oxygens (including phenoxy) is 1. The minimum atomic E-state index is 0.262. The molecular formula is C21H24N4O. The number of nitrogens with zero attached hydrogens (tertiary/aromatic N) is 3. The van der Waals surface area contributed by atoms with Gasteiger partial charge in [0.25, 0.3) is 0 Å². The van der Waals surface area contributed by atoms with Gasteiger partial charge in [-0.25, -0.2) is 0 Å². The van der Waals surface area contributed by atoms with Crippen LogP contribution in [0.15, 0.2) is 42.6 Å². The summed E-state index contributed by atoms with van der Waals surface area (Å²) in [5, 5.41) is 9.92. The number of hydrogen-bond donors (Lipinski definition) is 1. The first-order valence-corrected chi connectivity index (χ1v) is 9.56. The van der Waals surface area contributed by atoms with Gasteiger partial charge in [0.2, 0.25) is 5.88 Å². The first-order chi connectivity index (χ1) is 12.8. The highest BCUT2D eigenvalue weighted by Gasteiger charge is 2.37. The smallest absolute Gasteiger partial charge is 0.233 e. The number of fused-ring (bicyclic) bond motifs is 3. The molecule has 2 fully saturated rings. The molecule has 26 heavy (non-hydrogen) atoms. The molecule has 2 aromatic heterocycles. The number of nitrogens with one attached hydrogen (secondary N) is 1. The van der Waals surface area contributed by atoms with E-state index in [1.165, 1.54) is 24.6 Å². The molecule has 2 unspecified atom stereocenters. The Balaban J connectivity index is 1.30. The summed E-state index contributed by atoms with van der Waals surface area (Å²) >= 11 is 0. The Labute approximate surface area is 153 Å². The molecule has 5 nitrogen and oxygen atoms in total. The monoisotopic (exact) mass is 348 g/mol. The summed E-state index contributed by atoms with van der Waals surface area (Å²) in [7, 11) is 2.26. The van der Waals surface area contributed by atoms with Gasteiger partial charge >= 0.3 is 0 Å². The van der Waals surface area contributed by atoms with Gasteiger partial charge in [-0.3, -0.25) is 0 Å². The summed E-state index contributed by atoms with van der Waals surface area (Å²) in [5.74, 6) is 0.643. The topological polar surface area (TPSA) is 54.0 Å². The van der Waals surface area contributed by atoms with Crippen LogP contribution in [0.5, 0.6) is 5.88 Å². The van der Waals surface area contributed by atoms with Crippen LogP contribution in [0, 0.1) is 0 Å². The summed E-state index contributed by atoms with van der Waals surface area (Å²) < 4.78 is 6.18. The molecule has 0 radical (unpaired) electrons. The summed E-state index contributed by atoms with van der Waals surface area (Å²) in [5.41, 5.74) is 3.08. The van der Waals surface area contributed by atoms with Gasteiger partial charge in [-0.15, -0.1) is 10.2 Å². The Kier molecular flexibility index (Phi) is 3.89. The van der Waals surface area contributed by atoms with Crippen LogP contribution in [0.2, 0.25) is 0 Å². The van der Waals surface area contributed by atoms with Crippen molar-refractivity contribution >= 4 is 10.9 Å². The lowest BCUT2D eigenvalue weighted by Crippen LogP contribution is -2.52. The molecule has 0 aliphatic carbocycles. The fourth-order valence-electron chi connectivity index (χ4n) is 4.58. The second kappa shape index (κ2) is 6.40. The van der Waals surface area contributed by atoms with Gasteiger partial charge in [-0.1, -0.05) is 12.5 Å². The fraction of sp³-hybridized carbons (Fsp3) is 0.429. The summed E-state index contributed by atoms with van der Waals surface area (Å²) in [4.78, 5) is 5.76. The van der Waals surface area contributed by atoms with Gasteiger partial charge in [0, 0.05) is 40.8 Å². The van der Waals surface area contributed by atoms with E-state index >= 15 is 0 Å². The zero-order valence-electron chi connectivity index (χ0n) is 15.1. The average molecular weight is 348 g/mol. The van der Waals surface area contributed by atoms with Crippen molar-refractivity contribution in [2.45, 2.75) is 50.3 Å². The summed E-state index contributed by atoms with van der Waals surface area (Å²) in [6, 6.07) is 13.6. The van der Waals surface area contributed by atoms with Gasteiger partial charge in [0.05, 0.1) is 5.69 Å². The lowest BCUT2D eigenvalue weighted by molar-refractivity contribution is -0.00174. The van der Waals surface area contributed by atoms with Crippen molar-refractivity contribution in [1.82, 2.24) is 20.1 Å². The largest absolute Gasteiger partial charge is 0.473 e. The van der Waals surface area contributed by atoms with E-state index in [-0.39, 0.29) is 6.10 Å². The van der Waals surface area contributed by atoms with Crippen molar-refractivity contribution in [3.05, 3.63) is 42.6 Å². The van der Waals surface area contributed by atoms with Crippen molar-refractivity contribution in [1.29, 1.82) is 0 Å². The molecular weight excluding hydrogens is 324 g/mol. The molecule has 2 aliphatic heterocycles. The van der Waals surface area contributed by atoms with Crippen molar-refractivity contribution in [3.8, 4) is 17.1 Å². The molecule has 2 bridgehead atoms. The molecule has 5 rings (SSSR count). The minimum Gasteiger partial charge on any atom is -0.473 e. The van der Waals surface area contributed by atoms with Crippen LogP contribution in [-0.4, -0.2) is 45.3 Å². The zero-order chi connectivity index (χ0) is 17.5. The van der Waals surface area contributed by atoms with Crippen LogP contribution in [0.1, 0.15) is 32.1 Å². The van der Waals surface area contributed by atoms with Crippen LogP contribution in [0.25, 0.3) is 22.2 Å². The van der Waals surface area contributed by atoms with E-state index in [1.807, 2.05) is 18.3 Å². The SMILES string of the molecule is CN1C2CCCC1CC(Oc1ccc(-c3ccc4[nH]ccc4c3)nn1)C2. The van der Waals surface area contributed by atoms with Crippen LogP contribution in [0.3, 0.4) is 0 Å². The highest BCUT2D eigenvalue weighted by Crippen LogP contribution is 2.34. The zero-order valence-corrected chi connectivity index (χ0v) is 15.1. The molecule has 3 aromatic rings. The minimum absolute atomic E-state index is 0.262. The lowest BCUT2D eigenvalue weighted by Gasteiger charge is -2.46. The molecule has 1 N–H and O–H groups in total. The predicted molar refractivity (Wildman–Crippen MR) is 102 cm³/mol. The van der Waals surface area contributed by atoms with Crippen molar-refractivity contribution in [2.24, 2.45) is 0 Å². The van der Waals surface area contributed by atoms with Crippen molar-refractivity contribution < 1.29 is 4.74 Å². The van der Waals surface area contributed by atoms with Crippen molar-refractivity contribution in [3.63, 3.8) is 0 Å². The van der Waals surface area contributed by atoms with E-state index in [9.17, 15) is 0 Å². The van der Waals surface area contributed by atoms with Crippen LogP contribution >= 0.6 is 0 Å². The van der Waals surface area contributed by atoms with Gasteiger partial charge in [0.15, 0.2) is 0 Å². The van der Waals surface area contributed by atoms with Gasteiger partial charge in [-0.05, 0) is 57.0 Å². The maximum atomic E-state index is 6.18. The third-order valence-corrected chi connectivity index (χ3v) is 6.07. The molecule has 0 amide bonds. The number of hydrogen-bond acceptors (Lipinski definition) is 4. The van der Waals surface area contributed by atoms with E-state index in [2.05, 4.69) is 51.4 Å². The number of aromatic amines is 1. The van der Waals surface area contributed by atoms with Gasteiger partial charge in [0.1, 0.15) is 6.10 Å². The molecule has 4 heterocycles. The molecule has 2 saturated heterocycles.